The lowest BCUT2D eigenvalue weighted by atomic mass is 9.87. The van der Waals surface area contributed by atoms with E-state index in [4.69, 9.17) is 24.3 Å². The van der Waals surface area contributed by atoms with E-state index in [-0.39, 0.29) is 0 Å². The monoisotopic (exact) mass is 650 g/mol. The van der Waals surface area contributed by atoms with Crippen LogP contribution in [0.25, 0.3) is 44.4 Å². The average molecular weight is 651 g/mol. The predicted octanol–water partition coefficient (Wildman–Crippen LogP) is 10.5. The molecule has 0 atom stereocenters. The van der Waals surface area contributed by atoms with E-state index < -0.39 is 0 Å². The summed E-state index contributed by atoms with van der Waals surface area (Å²) in [6.07, 6.45) is 1.86. The van der Waals surface area contributed by atoms with Gasteiger partial charge in [-0.1, -0.05) is 24.3 Å². The minimum Gasteiger partial charge on any atom is -0.477 e. The molecule has 0 aliphatic rings. The van der Waals surface area contributed by atoms with Gasteiger partial charge in [-0.2, -0.15) is 4.68 Å². The van der Waals surface area contributed by atoms with Crippen molar-refractivity contribution in [3.8, 4) is 45.9 Å². The first-order valence-electron chi connectivity index (χ1n) is 16.9. The van der Waals surface area contributed by atoms with Crippen LogP contribution in [0.15, 0.2) is 85.1 Å². The van der Waals surface area contributed by atoms with Crippen molar-refractivity contribution < 1.29 is 14.2 Å². The van der Waals surface area contributed by atoms with Crippen molar-refractivity contribution in [3.05, 3.63) is 118 Å². The van der Waals surface area contributed by atoms with Crippen molar-refractivity contribution >= 4 is 21.8 Å². The summed E-state index contributed by atoms with van der Waals surface area (Å²) >= 11 is 0. The molecule has 0 N–H and O–H groups in total. The van der Waals surface area contributed by atoms with E-state index in [1.165, 1.54) is 33.2 Å². The molecule has 0 saturated heterocycles. The number of aromatic nitrogens is 4. The molecular formula is C42H42N4O3. The molecule has 0 aliphatic carbocycles. The number of fused-ring (bicyclic) bond motifs is 3. The molecule has 4 aromatic carbocycles. The van der Waals surface area contributed by atoms with Gasteiger partial charge in [0.05, 0.1) is 29.9 Å². The maximum absolute atomic E-state index is 6.56. The van der Waals surface area contributed by atoms with Gasteiger partial charge in [-0.25, -0.2) is 4.98 Å². The molecule has 0 aliphatic heterocycles. The zero-order chi connectivity index (χ0) is 34.4. The van der Waals surface area contributed by atoms with Gasteiger partial charge in [-0.3, -0.25) is 4.57 Å². The normalized spacial score (nSPS) is 11.4. The molecule has 49 heavy (non-hydrogen) atoms. The third-order valence-corrected chi connectivity index (χ3v) is 9.70. The van der Waals surface area contributed by atoms with Crippen LogP contribution in [0.2, 0.25) is 0 Å². The van der Waals surface area contributed by atoms with Crippen LogP contribution in [0.5, 0.6) is 23.3 Å². The Kier molecular flexibility index (Phi) is 8.37. The summed E-state index contributed by atoms with van der Waals surface area (Å²) in [4.78, 5) is 4.72. The van der Waals surface area contributed by atoms with E-state index in [9.17, 15) is 0 Å². The standard InChI is InChI=1S/C42H42N4O3/c1-9-47-41-40(39-29(7)27(5)26(4)28(6)30(39)8)42(48-10-2)46(44-41)31-14-13-15-32(23-31)49-33-18-19-35-34-16-11-12-17-36(34)45(37(35)24-33)38-22-25(3)20-21-43-38/h11-24H,9-10H2,1-8H3. The number of ether oxygens (including phenoxy) is 3. The molecule has 3 aromatic heterocycles. The van der Waals surface area contributed by atoms with E-state index in [1.807, 2.05) is 61.1 Å². The van der Waals surface area contributed by atoms with Gasteiger partial charge in [0, 0.05) is 29.1 Å². The zero-order valence-electron chi connectivity index (χ0n) is 29.5. The third kappa shape index (κ3) is 5.49. The first-order chi connectivity index (χ1) is 23.7. The molecule has 0 spiro atoms. The number of nitrogens with zero attached hydrogens (tertiary/aromatic N) is 4. The number of benzene rings is 4. The number of hydrogen-bond acceptors (Lipinski definition) is 5. The Labute approximate surface area is 287 Å². The van der Waals surface area contributed by atoms with E-state index in [1.54, 1.807) is 0 Å². The Bertz CT molecular complexity index is 2340. The molecule has 0 saturated carbocycles. The number of hydrogen-bond donors (Lipinski definition) is 0. The summed E-state index contributed by atoms with van der Waals surface area (Å²) in [6.45, 7) is 17.9. The van der Waals surface area contributed by atoms with Gasteiger partial charge in [0.1, 0.15) is 22.9 Å². The first-order valence-corrected chi connectivity index (χ1v) is 16.9. The highest BCUT2D eigenvalue weighted by Gasteiger charge is 2.28. The van der Waals surface area contributed by atoms with Gasteiger partial charge in [0.25, 0.3) is 0 Å². The van der Waals surface area contributed by atoms with Gasteiger partial charge >= 0.3 is 0 Å². The maximum atomic E-state index is 6.56. The molecule has 3 heterocycles. The molecule has 7 rings (SSSR count). The molecule has 0 unspecified atom stereocenters. The second kappa shape index (κ2) is 12.8. The summed E-state index contributed by atoms with van der Waals surface area (Å²) in [5.41, 5.74) is 12.3. The Morgan fingerprint density at radius 3 is 2.04 bits per heavy atom. The summed E-state index contributed by atoms with van der Waals surface area (Å²) < 4.78 is 23.2. The predicted molar refractivity (Wildman–Crippen MR) is 198 cm³/mol. The van der Waals surface area contributed by atoms with Crippen molar-refractivity contribution in [2.45, 2.75) is 55.4 Å². The highest BCUT2D eigenvalue weighted by atomic mass is 16.5. The zero-order valence-corrected chi connectivity index (χ0v) is 29.5. The highest BCUT2D eigenvalue weighted by Crippen LogP contribution is 2.45. The molecule has 7 aromatic rings. The number of aryl methyl sites for hydroxylation is 1. The molecule has 0 radical (unpaired) electrons. The van der Waals surface area contributed by atoms with Gasteiger partial charge < -0.3 is 14.2 Å². The van der Waals surface area contributed by atoms with Crippen LogP contribution in [0.3, 0.4) is 0 Å². The minimum atomic E-state index is 0.478. The van der Waals surface area contributed by atoms with Crippen molar-refractivity contribution in [1.29, 1.82) is 0 Å². The summed E-state index contributed by atoms with van der Waals surface area (Å²) in [5, 5.41) is 7.31. The Morgan fingerprint density at radius 2 is 1.31 bits per heavy atom. The van der Waals surface area contributed by atoms with E-state index in [2.05, 4.69) is 88.6 Å². The second-order valence-electron chi connectivity index (χ2n) is 12.6. The largest absolute Gasteiger partial charge is 0.477 e. The van der Waals surface area contributed by atoms with Crippen molar-refractivity contribution in [2.75, 3.05) is 13.2 Å². The topological polar surface area (TPSA) is 63.3 Å². The van der Waals surface area contributed by atoms with E-state index in [0.717, 1.165) is 50.4 Å². The molecule has 0 bridgehead atoms. The quantitative estimate of drug-likeness (QED) is 0.156. The number of rotatable bonds is 9. The minimum absolute atomic E-state index is 0.478. The molecule has 248 valence electrons. The fourth-order valence-corrected chi connectivity index (χ4v) is 6.87. The van der Waals surface area contributed by atoms with Crippen molar-refractivity contribution in [1.82, 2.24) is 19.3 Å². The Hall–Kier alpha value is -5.56. The number of para-hydroxylation sites is 1. The van der Waals surface area contributed by atoms with Crippen LogP contribution in [0, 0.1) is 41.5 Å². The van der Waals surface area contributed by atoms with E-state index >= 15 is 0 Å². The van der Waals surface area contributed by atoms with E-state index in [0.29, 0.717) is 30.7 Å². The van der Waals surface area contributed by atoms with Gasteiger partial charge in [-0.05, 0) is 137 Å². The van der Waals surface area contributed by atoms with Crippen LogP contribution in [-0.2, 0) is 0 Å². The molecule has 0 amide bonds. The average Bonchev–Trinajstić information content (AvgIpc) is 3.62. The summed E-state index contributed by atoms with van der Waals surface area (Å²) in [7, 11) is 0. The Balaban J connectivity index is 1.34. The van der Waals surface area contributed by atoms with Crippen LogP contribution >= 0.6 is 0 Å². The molecule has 7 nitrogen and oxygen atoms in total. The Morgan fingerprint density at radius 1 is 0.612 bits per heavy atom. The van der Waals surface area contributed by atoms with Gasteiger partial charge in [-0.15, -0.1) is 5.10 Å². The smallest absolute Gasteiger partial charge is 0.245 e. The van der Waals surface area contributed by atoms with Gasteiger partial charge in [0.2, 0.25) is 11.8 Å². The lowest BCUT2D eigenvalue weighted by Gasteiger charge is -2.20. The lowest BCUT2D eigenvalue weighted by Crippen LogP contribution is -2.05. The second-order valence-corrected chi connectivity index (χ2v) is 12.6. The lowest BCUT2D eigenvalue weighted by molar-refractivity contribution is 0.316. The molecule has 7 heteroatoms. The summed E-state index contributed by atoms with van der Waals surface area (Å²) in [5.74, 6) is 3.47. The fourth-order valence-electron chi connectivity index (χ4n) is 6.87. The maximum Gasteiger partial charge on any atom is 0.245 e. The van der Waals surface area contributed by atoms with Gasteiger partial charge in [0.15, 0.2) is 0 Å². The molecular weight excluding hydrogens is 608 g/mol. The molecule has 0 fully saturated rings. The first kappa shape index (κ1) is 32.0. The van der Waals surface area contributed by atoms with Crippen LogP contribution in [-0.4, -0.2) is 32.5 Å². The summed E-state index contributed by atoms with van der Waals surface area (Å²) in [6, 6.07) is 26.7. The van der Waals surface area contributed by atoms with Crippen LogP contribution in [0.4, 0.5) is 0 Å². The van der Waals surface area contributed by atoms with Crippen LogP contribution in [0.1, 0.15) is 47.2 Å². The van der Waals surface area contributed by atoms with Crippen LogP contribution < -0.4 is 14.2 Å². The third-order valence-electron chi connectivity index (χ3n) is 9.70. The van der Waals surface area contributed by atoms with Crippen molar-refractivity contribution in [2.24, 2.45) is 0 Å². The van der Waals surface area contributed by atoms with Crippen molar-refractivity contribution in [3.63, 3.8) is 0 Å². The SMILES string of the molecule is CCOc1nn(-c2cccc(Oc3ccc4c5ccccc5n(-c5cc(C)ccn5)c4c3)c2)c(OCC)c1-c1c(C)c(C)c(C)c(C)c1C. The number of pyridine rings is 1. The highest BCUT2D eigenvalue weighted by molar-refractivity contribution is 6.09. The fraction of sp³-hybridized carbons (Fsp3) is 0.238.